The highest BCUT2D eigenvalue weighted by atomic mass is 31.2. The lowest BCUT2D eigenvalue weighted by Gasteiger charge is -2.24. The normalized spacial score (nSPS) is 13.0. The number of aliphatic hydroxyl groups excluding tert-OH is 1. The first-order chi connectivity index (χ1) is 26.8. The lowest BCUT2D eigenvalue weighted by molar-refractivity contribution is -0.123. The summed E-state index contributed by atoms with van der Waals surface area (Å²) >= 11 is 0. The maximum absolute atomic E-state index is 12.7. The second-order valence-corrected chi connectivity index (χ2v) is 18.4. The number of rotatable bonds is 46. The summed E-state index contributed by atoms with van der Waals surface area (Å²) in [6, 6.07) is -0.819. The summed E-state index contributed by atoms with van der Waals surface area (Å²) in [4.78, 5) is 31.0. The van der Waals surface area contributed by atoms with Gasteiger partial charge >= 0.3 is 7.82 Å². The molecule has 0 aromatic carbocycles. The van der Waals surface area contributed by atoms with Gasteiger partial charge in [0.2, 0.25) is 5.91 Å². The summed E-state index contributed by atoms with van der Waals surface area (Å²) in [5.74, 6) is -0.186. The Bertz CT molecular complexity index is 823. The van der Waals surface area contributed by atoms with E-state index in [0.717, 1.165) is 38.5 Å². The Labute approximate surface area is 342 Å². The fourth-order valence-corrected chi connectivity index (χ4v) is 8.23. The molecule has 0 spiro atoms. The van der Waals surface area contributed by atoms with Crippen LogP contribution in [0, 0.1) is 0 Å². The van der Waals surface area contributed by atoms with Crippen LogP contribution in [0.25, 0.3) is 0 Å². The molecule has 4 N–H and O–H groups in total. The third kappa shape index (κ3) is 44.5. The van der Waals surface area contributed by atoms with E-state index in [4.69, 9.17) is 4.52 Å². The molecule has 0 aliphatic carbocycles. The third-order valence-electron chi connectivity index (χ3n) is 11.6. The fraction of sp³-hybridized carbons (Fsp3) is 0.979. The number of aliphatic hydroxyl groups is 1. The average Bonchev–Trinajstić information content (AvgIpc) is 3.16. The van der Waals surface area contributed by atoms with Crippen LogP contribution >= 0.6 is 7.82 Å². The molecule has 1 amide bonds. The molecule has 55 heavy (non-hydrogen) atoms. The SMILES string of the molecule is CCCCCCCCCCCCCCCCCCCCCCCCCC(=O)N[C@@H](COP(=O)(O)O)[C@H](O)CCCCCCCCCCCCCCCCCC. The molecule has 0 radical (unpaired) electrons. The number of phosphoric acid groups is 1. The van der Waals surface area contributed by atoms with E-state index in [0.29, 0.717) is 12.8 Å². The Kier molecular flexibility index (Phi) is 42.8. The van der Waals surface area contributed by atoms with Crippen LogP contribution in [-0.4, -0.2) is 39.6 Å². The van der Waals surface area contributed by atoms with Crippen molar-refractivity contribution in [3.63, 3.8) is 0 Å². The molecule has 0 saturated carbocycles. The van der Waals surface area contributed by atoms with E-state index < -0.39 is 26.6 Å². The van der Waals surface area contributed by atoms with E-state index >= 15 is 0 Å². The van der Waals surface area contributed by atoms with Crippen LogP contribution in [0.5, 0.6) is 0 Å². The summed E-state index contributed by atoms with van der Waals surface area (Å²) in [6.07, 6.45) is 51.0. The third-order valence-corrected chi connectivity index (χ3v) is 12.1. The first-order valence-corrected chi connectivity index (χ1v) is 26.0. The van der Waals surface area contributed by atoms with E-state index in [1.54, 1.807) is 0 Å². The van der Waals surface area contributed by atoms with Gasteiger partial charge in [-0.2, -0.15) is 0 Å². The van der Waals surface area contributed by atoms with Gasteiger partial charge in [0.05, 0.1) is 18.8 Å². The lowest BCUT2D eigenvalue weighted by atomic mass is 10.0. The molecule has 2 atom stereocenters. The second kappa shape index (κ2) is 43.1. The second-order valence-electron chi connectivity index (χ2n) is 17.1. The Morgan fingerprint density at radius 1 is 0.455 bits per heavy atom. The number of carbonyl (C=O) groups is 1. The summed E-state index contributed by atoms with van der Waals surface area (Å²) in [7, 11) is -4.69. The number of unbranched alkanes of at least 4 members (excludes halogenated alkanes) is 37. The summed E-state index contributed by atoms with van der Waals surface area (Å²) in [5, 5.41) is 13.6. The van der Waals surface area contributed by atoms with Gasteiger partial charge in [0.15, 0.2) is 0 Å². The van der Waals surface area contributed by atoms with Crippen molar-refractivity contribution >= 4 is 13.7 Å². The standard InChI is InChI=1S/C47H96NO6P/c1-3-5-7-9-11-13-15-17-19-21-22-23-24-25-26-27-29-31-33-35-37-39-41-43-47(50)48-45(44-54-55(51,52)53)46(49)42-40-38-36-34-32-30-28-20-18-16-14-12-10-8-6-4-2/h45-46,49H,3-44H2,1-2H3,(H,48,50)(H2,51,52,53)/t45-,46+/m0/s1. The Morgan fingerprint density at radius 3 is 0.982 bits per heavy atom. The minimum absolute atomic E-state index is 0.186. The summed E-state index contributed by atoms with van der Waals surface area (Å²) in [6.45, 7) is 4.16. The van der Waals surface area contributed by atoms with Crippen LogP contribution in [0.2, 0.25) is 0 Å². The molecule has 330 valence electrons. The van der Waals surface area contributed by atoms with Crippen molar-refractivity contribution in [3.05, 3.63) is 0 Å². The van der Waals surface area contributed by atoms with Gasteiger partial charge in [-0.05, 0) is 12.8 Å². The van der Waals surface area contributed by atoms with Crippen LogP contribution < -0.4 is 5.32 Å². The van der Waals surface area contributed by atoms with Crippen molar-refractivity contribution in [2.75, 3.05) is 6.61 Å². The predicted molar refractivity (Wildman–Crippen MR) is 237 cm³/mol. The van der Waals surface area contributed by atoms with Gasteiger partial charge in [0, 0.05) is 6.42 Å². The maximum atomic E-state index is 12.7. The predicted octanol–water partition coefficient (Wildman–Crippen LogP) is 15.0. The molecular weight excluding hydrogens is 705 g/mol. The molecule has 0 heterocycles. The highest BCUT2D eigenvalue weighted by Gasteiger charge is 2.25. The zero-order chi connectivity index (χ0) is 40.3. The molecule has 8 heteroatoms. The molecule has 0 bridgehead atoms. The Hall–Kier alpha value is -0.460. The van der Waals surface area contributed by atoms with Crippen molar-refractivity contribution in [2.24, 2.45) is 0 Å². The molecule has 0 fully saturated rings. The highest BCUT2D eigenvalue weighted by Crippen LogP contribution is 2.36. The van der Waals surface area contributed by atoms with Crippen molar-refractivity contribution in [2.45, 2.75) is 289 Å². The topological polar surface area (TPSA) is 116 Å². The number of nitrogens with one attached hydrogen (secondary N) is 1. The molecule has 0 aliphatic heterocycles. The molecule has 0 saturated heterocycles. The number of phosphoric ester groups is 1. The van der Waals surface area contributed by atoms with Gasteiger partial charge in [-0.15, -0.1) is 0 Å². The van der Waals surface area contributed by atoms with E-state index in [2.05, 4.69) is 19.2 Å². The molecular formula is C47H96NO6P. The molecule has 0 aromatic heterocycles. The number of carbonyl (C=O) groups excluding carboxylic acids is 1. The smallest absolute Gasteiger partial charge is 0.391 e. The van der Waals surface area contributed by atoms with Crippen molar-refractivity contribution < 1.29 is 28.8 Å². The van der Waals surface area contributed by atoms with E-state index in [9.17, 15) is 24.3 Å². The van der Waals surface area contributed by atoms with Gasteiger partial charge < -0.3 is 20.2 Å². The molecule has 7 nitrogen and oxygen atoms in total. The monoisotopic (exact) mass is 802 g/mol. The van der Waals surface area contributed by atoms with E-state index in [1.807, 2.05) is 0 Å². The summed E-state index contributed by atoms with van der Waals surface area (Å²) < 4.78 is 16.0. The fourth-order valence-electron chi connectivity index (χ4n) is 7.88. The van der Waals surface area contributed by atoms with Crippen LogP contribution in [0.4, 0.5) is 0 Å². The minimum atomic E-state index is -4.69. The lowest BCUT2D eigenvalue weighted by Crippen LogP contribution is -2.46. The van der Waals surface area contributed by atoms with Crippen LogP contribution in [0.1, 0.15) is 277 Å². The van der Waals surface area contributed by atoms with Gasteiger partial charge in [-0.25, -0.2) is 4.57 Å². The number of hydrogen-bond donors (Lipinski definition) is 4. The molecule has 0 rings (SSSR count). The zero-order valence-corrected chi connectivity index (χ0v) is 37.8. The highest BCUT2D eigenvalue weighted by molar-refractivity contribution is 7.46. The van der Waals surface area contributed by atoms with Crippen LogP contribution in [0.15, 0.2) is 0 Å². The van der Waals surface area contributed by atoms with Gasteiger partial charge in [-0.3, -0.25) is 9.32 Å². The first kappa shape index (κ1) is 54.5. The maximum Gasteiger partial charge on any atom is 0.469 e. The Morgan fingerprint density at radius 2 is 0.709 bits per heavy atom. The van der Waals surface area contributed by atoms with Crippen LogP contribution in [-0.2, 0) is 13.9 Å². The van der Waals surface area contributed by atoms with Crippen molar-refractivity contribution in [1.82, 2.24) is 5.32 Å². The molecule has 0 aliphatic rings. The van der Waals surface area contributed by atoms with Gasteiger partial charge in [-0.1, -0.05) is 258 Å². The number of hydrogen-bond acceptors (Lipinski definition) is 4. The first-order valence-electron chi connectivity index (χ1n) is 24.5. The van der Waals surface area contributed by atoms with Gasteiger partial charge in [0.1, 0.15) is 0 Å². The largest absolute Gasteiger partial charge is 0.469 e. The minimum Gasteiger partial charge on any atom is -0.391 e. The molecule has 0 aromatic rings. The van der Waals surface area contributed by atoms with E-state index in [-0.39, 0.29) is 5.91 Å². The molecule has 0 unspecified atom stereocenters. The Balaban J connectivity index is 3.77. The van der Waals surface area contributed by atoms with Crippen molar-refractivity contribution in [1.29, 1.82) is 0 Å². The average molecular weight is 802 g/mol. The van der Waals surface area contributed by atoms with E-state index in [1.165, 1.54) is 212 Å². The van der Waals surface area contributed by atoms with Crippen LogP contribution in [0.3, 0.4) is 0 Å². The summed E-state index contributed by atoms with van der Waals surface area (Å²) in [5.41, 5.74) is 0. The number of amides is 1. The quantitative estimate of drug-likeness (QED) is 0.0360. The van der Waals surface area contributed by atoms with Crippen molar-refractivity contribution in [3.8, 4) is 0 Å². The zero-order valence-electron chi connectivity index (χ0n) is 36.9. The van der Waals surface area contributed by atoms with Gasteiger partial charge in [0.25, 0.3) is 0 Å².